The van der Waals surface area contributed by atoms with Crippen LogP contribution in [0.4, 0.5) is 18.9 Å². The average molecular weight is 306 g/mol. The number of nitriles is 1. The normalized spacial score (nSPS) is 12.5. The number of alkyl halides is 3. The van der Waals surface area contributed by atoms with Crippen molar-refractivity contribution in [2.24, 2.45) is 0 Å². The van der Waals surface area contributed by atoms with E-state index in [1.54, 1.807) is 30.3 Å². The molecule has 2 aromatic carbocycles. The van der Waals surface area contributed by atoms with Gasteiger partial charge in [0.15, 0.2) is 0 Å². The highest BCUT2D eigenvalue weighted by atomic mass is 19.4. The molecular formula is C16H13F3N2O. The summed E-state index contributed by atoms with van der Waals surface area (Å²) in [6, 6.07) is 13.3. The van der Waals surface area contributed by atoms with E-state index >= 15 is 0 Å². The van der Waals surface area contributed by atoms with Crippen LogP contribution in [0.1, 0.15) is 22.7 Å². The zero-order chi connectivity index (χ0) is 16.2. The highest BCUT2D eigenvalue weighted by molar-refractivity contribution is 5.54. The van der Waals surface area contributed by atoms with Gasteiger partial charge in [0.2, 0.25) is 0 Å². The Bertz CT molecular complexity index is 678. The third-order valence-electron chi connectivity index (χ3n) is 3.17. The van der Waals surface area contributed by atoms with Crippen molar-refractivity contribution in [2.75, 3.05) is 11.9 Å². The van der Waals surface area contributed by atoms with Gasteiger partial charge in [-0.05, 0) is 23.8 Å². The largest absolute Gasteiger partial charge is 0.417 e. The van der Waals surface area contributed by atoms with E-state index in [1.807, 2.05) is 0 Å². The summed E-state index contributed by atoms with van der Waals surface area (Å²) in [7, 11) is 0. The lowest BCUT2D eigenvalue weighted by atomic mass is 10.0. The Balaban J connectivity index is 2.32. The van der Waals surface area contributed by atoms with Crippen molar-refractivity contribution < 1.29 is 18.3 Å². The summed E-state index contributed by atoms with van der Waals surface area (Å²) in [5.41, 5.74) is -0.486. The Morgan fingerprint density at radius 3 is 2.36 bits per heavy atom. The molecule has 0 aromatic heterocycles. The molecule has 0 aliphatic heterocycles. The van der Waals surface area contributed by atoms with E-state index in [2.05, 4.69) is 5.32 Å². The van der Waals surface area contributed by atoms with Crippen LogP contribution in [0.25, 0.3) is 0 Å². The summed E-state index contributed by atoms with van der Waals surface area (Å²) in [4.78, 5) is 0. The molecule has 22 heavy (non-hydrogen) atoms. The minimum atomic E-state index is -4.61. The Labute approximate surface area is 125 Å². The maximum atomic E-state index is 12.9. The van der Waals surface area contributed by atoms with Gasteiger partial charge in [0, 0.05) is 5.69 Å². The van der Waals surface area contributed by atoms with E-state index in [-0.39, 0.29) is 12.3 Å². The van der Waals surface area contributed by atoms with Crippen LogP contribution in [0.2, 0.25) is 0 Å². The van der Waals surface area contributed by atoms with Gasteiger partial charge in [-0.25, -0.2) is 0 Å². The summed E-state index contributed by atoms with van der Waals surface area (Å²) in [5, 5.41) is 21.1. The van der Waals surface area contributed by atoms with Gasteiger partial charge in [0.25, 0.3) is 0 Å². The van der Waals surface area contributed by atoms with E-state index < -0.39 is 23.3 Å². The SMILES string of the molecule is N#Cc1ccc(NC(CO)c2ccccc2)cc1C(F)(F)F. The van der Waals surface area contributed by atoms with Crippen LogP contribution in [0, 0.1) is 11.3 Å². The average Bonchev–Trinajstić information content (AvgIpc) is 2.52. The number of anilines is 1. The second-order valence-electron chi connectivity index (χ2n) is 4.66. The molecule has 114 valence electrons. The van der Waals surface area contributed by atoms with E-state index in [4.69, 9.17) is 5.26 Å². The fourth-order valence-corrected chi connectivity index (χ4v) is 2.09. The number of rotatable bonds is 4. The Hall–Kier alpha value is -2.52. The van der Waals surface area contributed by atoms with Crippen molar-refractivity contribution in [3.05, 3.63) is 65.2 Å². The molecule has 0 aliphatic rings. The first-order valence-electron chi connectivity index (χ1n) is 6.49. The molecule has 0 heterocycles. The molecule has 0 fully saturated rings. The molecule has 2 aromatic rings. The fraction of sp³-hybridized carbons (Fsp3) is 0.188. The van der Waals surface area contributed by atoms with Crippen molar-refractivity contribution in [3.8, 4) is 6.07 Å². The lowest BCUT2D eigenvalue weighted by Gasteiger charge is -2.19. The van der Waals surface area contributed by atoms with Crippen molar-refractivity contribution in [3.63, 3.8) is 0 Å². The van der Waals surface area contributed by atoms with Gasteiger partial charge < -0.3 is 10.4 Å². The summed E-state index contributed by atoms with van der Waals surface area (Å²) in [6.07, 6.45) is -4.61. The van der Waals surface area contributed by atoms with E-state index in [1.165, 1.54) is 12.1 Å². The van der Waals surface area contributed by atoms with Crippen molar-refractivity contribution >= 4 is 5.69 Å². The zero-order valence-corrected chi connectivity index (χ0v) is 11.4. The maximum Gasteiger partial charge on any atom is 0.417 e. The van der Waals surface area contributed by atoms with Crippen molar-refractivity contribution in [1.82, 2.24) is 0 Å². The van der Waals surface area contributed by atoms with Crippen LogP contribution in [-0.4, -0.2) is 11.7 Å². The first-order chi connectivity index (χ1) is 10.5. The van der Waals surface area contributed by atoms with Gasteiger partial charge in [-0.1, -0.05) is 30.3 Å². The Morgan fingerprint density at radius 2 is 1.82 bits per heavy atom. The van der Waals surface area contributed by atoms with E-state index in [0.717, 1.165) is 17.7 Å². The molecule has 6 heteroatoms. The molecule has 0 saturated carbocycles. The fourth-order valence-electron chi connectivity index (χ4n) is 2.09. The molecule has 0 saturated heterocycles. The predicted molar refractivity (Wildman–Crippen MR) is 76.1 cm³/mol. The van der Waals surface area contributed by atoms with Crippen LogP contribution in [0.15, 0.2) is 48.5 Å². The molecule has 0 amide bonds. The van der Waals surface area contributed by atoms with Gasteiger partial charge in [0.1, 0.15) is 0 Å². The number of hydrogen-bond donors (Lipinski definition) is 2. The standard InChI is InChI=1S/C16H13F3N2O/c17-16(18,19)14-8-13(7-6-12(14)9-20)21-15(10-22)11-4-2-1-3-5-11/h1-8,15,21-22H,10H2. The monoisotopic (exact) mass is 306 g/mol. The number of hydrogen-bond acceptors (Lipinski definition) is 3. The maximum absolute atomic E-state index is 12.9. The van der Waals surface area contributed by atoms with Gasteiger partial charge >= 0.3 is 6.18 Å². The summed E-state index contributed by atoms with van der Waals surface area (Å²) in [6.45, 7) is -0.272. The number of aliphatic hydroxyl groups is 1. The smallest absolute Gasteiger partial charge is 0.394 e. The molecule has 0 bridgehead atoms. The number of benzene rings is 2. The molecule has 0 aliphatic carbocycles. The number of nitrogens with one attached hydrogen (secondary N) is 1. The Morgan fingerprint density at radius 1 is 1.14 bits per heavy atom. The molecule has 1 atom stereocenters. The van der Waals surface area contributed by atoms with E-state index in [9.17, 15) is 18.3 Å². The molecule has 2 N–H and O–H groups in total. The van der Waals surface area contributed by atoms with E-state index in [0.29, 0.717) is 0 Å². The molecule has 0 spiro atoms. The lowest BCUT2D eigenvalue weighted by Crippen LogP contribution is -2.16. The van der Waals surface area contributed by atoms with Gasteiger partial charge in [0.05, 0.1) is 29.8 Å². The number of nitrogens with zero attached hydrogens (tertiary/aromatic N) is 1. The summed E-state index contributed by atoms with van der Waals surface area (Å²) in [5.74, 6) is 0. The topological polar surface area (TPSA) is 56.0 Å². The van der Waals surface area contributed by atoms with Gasteiger partial charge in [-0.15, -0.1) is 0 Å². The van der Waals surface area contributed by atoms with Crippen molar-refractivity contribution in [2.45, 2.75) is 12.2 Å². The quantitative estimate of drug-likeness (QED) is 0.905. The highest BCUT2D eigenvalue weighted by Gasteiger charge is 2.34. The molecule has 1 unspecified atom stereocenters. The molecular weight excluding hydrogens is 293 g/mol. The highest BCUT2D eigenvalue weighted by Crippen LogP contribution is 2.34. The second kappa shape index (κ2) is 6.50. The van der Waals surface area contributed by atoms with Crippen LogP contribution in [-0.2, 0) is 6.18 Å². The summed E-state index contributed by atoms with van der Waals surface area (Å²) >= 11 is 0. The van der Waals surface area contributed by atoms with Crippen molar-refractivity contribution in [1.29, 1.82) is 5.26 Å². The van der Waals surface area contributed by atoms with Crippen LogP contribution < -0.4 is 5.32 Å². The minimum absolute atomic E-state index is 0.189. The Kier molecular flexibility index (Phi) is 4.68. The van der Waals surface area contributed by atoms with Crippen LogP contribution in [0.3, 0.4) is 0 Å². The predicted octanol–water partition coefficient (Wildman–Crippen LogP) is 3.72. The lowest BCUT2D eigenvalue weighted by molar-refractivity contribution is -0.137. The van der Waals surface area contributed by atoms with Crippen LogP contribution in [0.5, 0.6) is 0 Å². The first kappa shape index (κ1) is 15.9. The zero-order valence-electron chi connectivity index (χ0n) is 11.4. The molecule has 2 rings (SSSR count). The third kappa shape index (κ3) is 3.57. The van der Waals surface area contributed by atoms with Gasteiger partial charge in [-0.2, -0.15) is 18.4 Å². The third-order valence-corrected chi connectivity index (χ3v) is 3.17. The number of halogens is 3. The van der Waals surface area contributed by atoms with Gasteiger partial charge in [-0.3, -0.25) is 0 Å². The first-order valence-corrected chi connectivity index (χ1v) is 6.49. The molecule has 0 radical (unpaired) electrons. The second-order valence-corrected chi connectivity index (χ2v) is 4.66. The molecule has 3 nitrogen and oxygen atoms in total. The minimum Gasteiger partial charge on any atom is -0.394 e. The number of aliphatic hydroxyl groups excluding tert-OH is 1. The van der Waals surface area contributed by atoms with Crippen LogP contribution >= 0.6 is 0 Å². The summed E-state index contributed by atoms with van der Waals surface area (Å²) < 4.78 is 38.8.